The van der Waals surface area contributed by atoms with Crippen molar-refractivity contribution in [3.8, 4) is 23.0 Å². The van der Waals surface area contributed by atoms with Crippen LogP contribution in [0, 0.1) is 0 Å². The van der Waals surface area contributed by atoms with Gasteiger partial charge in [-0.05, 0) is 50.2 Å². The molecule has 0 aliphatic rings. The molecule has 4 rings (SSSR count). The van der Waals surface area contributed by atoms with E-state index in [1.807, 2.05) is 62.4 Å². The minimum atomic E-state index is 0.343. The third-order valence-corrected chi connectivity index (χ3v) is 5.30. The van der Waals surface area contributed by atoms with Crippen molar-refractivity contribution in [3.05, 3.63) is 71.4 Å². The van der Waals surface area contributed by atoms with Crippen LogP contribution in [0.3, 0.4) is 0 Å². The van der Waals surface area contributed by atoms with E-state index in [1.54, 1.807) is 19.4 Å². The highest BCUT2D eigenvalue weighted by Gasteiger charge is 2.11. The SMILES string of the molecule is CCOc1cc2cnc(Nc3ccc(OCc4cccc(Cl)c4OC)cc3)nc2cc1OCC. The summed E-state index contributed by atoms with van der Waals surface area (Å²) in [4.78, 5) is 9.05. The second-order valence-corrected chi connectivity index (χ2v) is 7.69. The zero-order valence-corrected chi connectivity index (χ0v) is 20.1. The summed E-state index contributed by atoms with van der Waals surface area (Å²) in [6.07, 6.45) is 1.76. The van der Waals surface area contributed by atoms with E-state index in [0.717, 1.165) is 27.9 Å². The highest BCUT2D eigenvalue weighted by molar-refractivity contribution is 6.32. The largest absolute Gasteiger partial charge is 0.495 e. The number of benzene rings is 3. The third-order valence-electron chi connectivity index (χ3n) is 5.00. The van der Waals surface area contributed by atoms with Crippen molar-refractivity contribution in [2.45, 2.75) is 20.5 Å². The maximum atomic E-state index is 6.18. The summed E-state index contributed by atoms with van der Waals surface area (Å²) in [7, 11) is 1.59. The number of ether oxygens (including phenoxy) is 4. The molecular formula is C26H26ClN3O4. The summed E-state index contributed by atoms with van der Waals surface area (Å²) in [5, 5.41) is 4.66. The van der Waals surface area contributed by atoms with E-state index in [0.29, 0.717) is 48.0 Å². The van der Waals surface area contributed by atoms with E-state index in [-0.39, 0.29) is 0 Å². The van der Waals surface area contributed by atoms with Crippen LogP contribution in [-0.2, 0) is 6.61 Å². The Balaban J connectivity index is 1.46. The fourth-order valence-corrected chi connectivity index (χ4v) is 3.73. The normalized spacial score (nSPS) is 10.7. The Morgan fingerprint density at radius 2 is 1.65 bits per heavy atom. The van der Waals surface area contributed by atoms with Crippen LogP contribution in [0.4, 0.5) is 11.6 Å². The molecule has 34 heavy (non-hydrogen) atoms. The zero-order chi connectivity index (χ0) is 23.9. The van der Waals surface area contributed by atoms with Crippen LogP contribution in [0.5, 0.6) is 23.0 Å². The quantitative estimate of drug-likeness (QED) is 0.281. The molecule has 3 aromatic carbocycles. The van der Waals surface area contributed by atoms with Crippen molar-refractivity contribution in [1.29, 1.82) is 0 Å². The molecule has 0 bridgehead atoms. The van der Waals surface area contributed by atoms with Crippen molar-refractivity contribution in [1.82, 2.24) is 9.97 Å². The third kappa shape index (κ3) is 5.43. The standard InChI is InChI=1S/C26H26ClN3O4/c1-4-32-23-13-18-15-28-26(30-22(18)14-24(23)33-5-2)29-19-9-11-20(12-10-19)34-16-17-7-6-8-21(27)25(17)31-3/h6-15H,4-5,16H2,1-3H3,(H,28,29,30). The van der Waals surface area contributed by atoms with Crippen molar-refractivity contribution >= 4 is 34.1 Å². The van der Waals surface area contributed by atoms with Crippen LogP contribution in [0.2, 0.25) is 5.02 Å². The molecule has 176 valence electrons. The summed E-state index contributed by atoms with van der Waals surface area (Å²) in [6, 6.07) is 16.9. The van der Waals surface area contributed by atoms with Gasteiger partial charge in [-0.2, -0.15) is 0 Å². The first-order chi connectivity index (χ1) is 16.6. The van der Waals surface area contributed by atoms with E-state index in [9.17, 15) is 0 Å². The smallest absolute Gasteiger partial charge is 0.227 e. The van der Waals surface area contributed by atoms with Crippen LogP contribution in [-0.4, -0.2) is 30.3 Å². The molecule has 0 atom stereocenters. The predicted octanol–water partition coefficient (Wildman–Crippen LogP) is 6.41. The van der Waals surface area contributed by atoms with Gasteiger partial charge in [0, 0.05) is 28.9 Å². The minimum Gasteiger partial charge on any atom is -0.495 e. The number of aromatic nitrogens is 2. The van der Waals surface area contributed by atoms with Gasteiger partial charge in [0.15, 0.2) is 11.5 Å². The number of methoxy groups -OCH3 is 1. The lowest BCUT2D eigenvalue weighted by molar-refractivity contribution is 0.288. The second-order valence-electron chi connectivity index (χ2n) is 7.29. The summed E-state index contributed by atoms with van der Waals surface area (Å²) in [6.45, 7) is 5.31. The molecule has 0 aliphatic carbocycles. The van der Waals surface area contributed by atoms with Crippen LogP contribution in [0.25, 0.3) is 10.9 Å². The highest BCUT2D eigenvalue weighted by atomic mass is 35.5. The van der Waals surface area contributed by atoms with Crippen molar-refractivity contribution in [2.75, 3.05) is 25.6 Å². The lowest BCUT2D eigenvalue weighted by atomic mass is 10.2. The first-order valence-corrected chi connectivity index (χ1v) is 11.4. The molecule has 4 aromatic rings. The number of fused-ring (bicyclic) bond motifs is 1. The number of hydrogen-bond donors (Lipinski definition) is 1. The predicted molar refractivity (Wildman–Crippen MR) is 134 cm³/mol. The topological polar surface area (TPSA) is 74.7 Å². The number of anilines is 2. The van der Waals surface area contributed by atoms with Gasteiger partial charge < -0.3 is 24.3 Å². The molecule has 0 amide bonds. The Hall–Kier alpha value is -3.71. The number of hydrogen-bond acceptors (Lipinski definition) is 7. The fraction of sp³-hybridized carbons (Fsp3) is 0.231. The molecule has 0 radical (unpaired) electrons. The van der Waals surface area contributed by atoms with E-state index < -0.39 is 0 Å². The summed E-state index contributed by atoms with van der Waals surface area (Å²) < 4.78 is 22.7. The molecule has 1 aromatic heterocycles. The molecule has 0 unspecified atom stereocenters. The Morgan fingerprint density at radius 1 is 0.912 bits per heavy atom. The molecule has 0 saturated heterocycles. The van der Waals surface area contributed by atoms with Gasteiger partial charge in [0.1, 0.15) is 18.1 Å². The molecule has 0 fully saturated rings. The number of rotatable bonds is 10. The molecule has 0 spiro atoms. The van der Waals surface area contributed by atoms with Crippen LogP contribution in [0.1, 0.15) is 19.4 Å². The monoisotopic (exact) mass is 479 g/mol. The lowest BCUT2D eigenvalue weighted by Crippen LogP contribution is -2.01. The van der Waals surface area contributed by atoms with Crippen molar-refractivity contribution < 1.29 is 18.9 Å². The first kappa shape index (κ1) is 23.4. The number of para-hydroxylation sites is 1. The second kappa shape index (κ2) is 10.9. The summed E-state index contributed by atoms with van der Waals surface area (Å²) in [5.74, 6) is 3.18. The van der Waals surface area contributed by atoms with Crippen LogP contribution < -0.4 is 24.3 Å². The Bertz CT molecular complexity index is 1270. The molecule has 0 aliphatic heterocycles. The van der Waals surface area contributed by atoms with Crippen LogP contribution >= 0.6 is 11.6 Å². The summed E-state index contributed by atoms with van der Waals surface area (Å²) >= 11 is 6.18. The fourth-order valence-electron chi connectivity index (χ4n) is 3.46. The van der Waals surface area contributed by atoms with Gasteiger partial charge in [-0.25, -0.2) is 9.97 Å². The van der Waals surface area contributed by atoms with Crippen molar-refractivity contribution in [2.24, 2.45) is 0 Å². The molecular weight excluding hydrogens is 454 g/mol. The van der Waals surface area contributed by atoms with Gasteiger partial charge >= 0.3 is 0 Å². The van der Waals surface area contributed by atoms with Gasteiger partial charge in [0.05, 0.1) is 30.9 Å². The number of nitrogens with zero attached hydrogens (tertiary/aromatic N) is 2. The minimum absolute atomic E-state index is 0.343. The van der Waals surface area contributed by atoms with Gasteiger partial charge in [-0.1, -0.05) is 23.7 Å². The first-order valence-electron chi connectivity index (χ1n) is 11.0. The van der Waals surface area contributed by atoms with Crippen LogP contribution in [0.15, 0.2) is 60.8 Å². The Kier molecular flexibility index (Phi) is 7.54. The average molecular weight is 480 g/mol. The van der Waals surface area contributed by atoms with Gasteiger partial charge in [-0.3, -0.25) is 0 Å². The maximum Gasteiger partial charge on any atom is 0.227 e. The summed E-state index contributed by atoms with van der Waals surface area (Å²) in [5.41, 5.74) is 2.48. The van der Waals surface area contributed by atoms with Crippen molar-refractivity contribution in [3.63, 3.8) is 0 Å². The van der Waals surface area contributed by atoms with E-state index in [1.165, 1.54) is 0 Å². The Morgan fingerprint density at radius 3 is 2.35 bits per heavy atom. The van der Waals surface area contributed by atoms with E-state index >= 15 is 0 Å². The van der Waals surface area contributed by atoms with E-state index in [2.05, 4.69) is 15.3 Å². The average Bonchev–Trinajstić information content (AvgIpc) is 2.84. The Labute approximate surface area is 203 Å². The number of halogens is 1. The van der Waals surface area contributed by atoms with Gasteiger partial charge in [0.25, 0.3) is 0 Å². The molecule has 1 heterocycles. The van der Waals surface area contributed by atoms with E-state index in [4.69, 9.17) is 30.5 Å². The molecule has 8 heteroatoms. The van der Waals surface area contributed by atoms with Gasteiger partial charge in [-0.15, -0.1) is 0 Å². The maximum absolute atomic E-state index is 6.18. The highest BCUT2D eigenvalue weighted by Crippen LogP contribution is 2.33. The molecule has 1 N–H and O–H groups in total. The van der Waals surface area contributed by atoms with Gasteiger partial charge in [0.2, 0.25) is 5.95 Å². The zero-order valence-electron chi connectivity index (χ0n) is 19.3. The number of nitrogens with one attached hydrogen (secondary N) is 1. The molecule has 0 saturated carbocycles. The molecule has 7 nitrogen and oxygen atoms in total. The lowest BCUT2D eigenvalue weighted by Gasteiger charge is -2.13.